The lowest BCUT2D eigenvalue weighted by molar-refractivity contribution is 0.104. The predicted octanol–water partition coefficient (Wildman–Crippen LogP) is 3.58. The highest BCUT2D eigenvalue weighted by Crippen LogP contribution is 2.37. The van der Waals surface area contributed by atoms with Crippen LogP contribution in [0.3, 0.4) is 0 Å². The summed E-state index contributed by atoms with van der Waals surface area (Å²) in [5.74, 6) is -2.04. The van der Waals surface area contributed by atoms with Crippen molar-refractivity contribution in [3.63, 3.8) is 0 Å². The van der Waals surface area contributed by atoms with Gasteiger partial charge in [0.05, 0.1) is 19.8 Å². The zero-order valence-corrected chi connectivity index (χ0v) is 12.5. The molecule has 1 N–H and O–H groups in total. The molecular formula is C17H14F2O4. The third-order valence-electron chi connectivity index (χ3n) is 3.12. The number of ether oxygens (including phenoxy) is 2. The smallest absolute Gasteiger partial charge is 0.200 e. The normalized spacial score (nSPS) is 10.8. The number of hydrogen-bond acceptors (Lipinski definition) is 4. The van der Waals surface area contributed by atoms with Crippen LogP contribution in [0.4, 0.5) is 8.78 Å². The monoisotopic (exact) mass is 320 g/mol. The predicted molar refractivity (Wildman–Crippen MR) is 80.9 cm³/mol. The molecule has 0 saturated carbocycles. The minimum absolute atomic E-state index is 0.161. The van der Waals surface area contributed by atoms with Gasteiger partial charge in [-0.15, -0.1) is 0 Å². The number of carbonyl (C=O) groups excluding carboxylic acids is 1. The van der Waals surface area contributed by atoms with Gasteiger partial charge in [0.15, 0.2) is 17.3 Å². The molecule has 4 nitrogen and oxygen atoms in total. The van der Waals surface area contributed by atoms with Gasteiger partial charge in [-0.1, -0.05) is 6.08 Å². The topological polar surface area (TPSA) is 55.8 Å². The van der Waals surface area contributed by atoms with Crippen LogP contribution in [-0.2, 0) is 0 Å². The summed E-state index contributed by atoms with van der Waals surface area (Å²) in [5.41, 5.74) is 0.126. The average molecular weight is 320 g/mol. The maximum Gasteiger partial charge on any atom is 0.200 e. The summed E-state index contributed by atoms with van der Waals surface area (Å²) < 4.78 is 36.6. The van der Waals surface area contributed by atoms with E-state index in [1.807, 2.05) is 0 Å². The minimum Gasteiger partial charge on any atom is -0.502 e. The molecule has 2 aromatic carbocycles. The molecule has 0 unspecified atom stereocenters. The molecule has 2 aromatic rings. The summed E-state index contributed by atoms with van der Waals surface area (Å²) in [6.07, 6.45) is 2.49. The fraction of sp³-hybridized carbons (Fsp3) is 0.118. The Balaban J connectivity index is 2.32. The first kappa shape index (κ1) is 16.5. The van der Waals surface area contributed by atoms with Crippen molar-refractivity contribution in [2.45, 2.75) is 0 Å². The van der Waals surface area contributed by atoms with Crippen LogP contribution in [0.2, 0.25) is 0 Å². The van der Waals surface area contributed by atoms with Gasteiger partial charge in [-0.2, -0.15) is 0 Å². The van der Waals surface area contributed by atoms with Gasteiger partial charge in [0.1, 0.15) is 11.6 Å². The lowest BCUT2D eigenvalue weighted by atomic mass is 10.1. The van der Waals surface area contributed by atoms with Gasteiger partial charge in [-0.3, -0.25) is 4.79 Å². The van der Waals surface area contributed by atoms with Crippen LogP contribution in [0.5, 0.6) is 17.2 Å². The molecule has 0 radical (unpaired) electrons. The van der Waals surface area contributed by atoms with E-state index in [0.29, 0.717) is 5.56 Å². The molecule has 0 aliphatic carbocycles. The largest absolute Gasteiger partial charge is 0.502 e. The van der Waals surface area contributed by atoms with Gasteiger partial charge in [0, 0.05) is 0 Å². The highest BCUT2D eigenvalue weighted by molar-refractivity contribution is 6.07. The van der Waals surface area contributed by atoms with Crippen LogP contribution in [-0.4, -0.2) is 25.1 Å². The van der Waals surface area contributed by atoms with Gasteiger partial charge in [-0.05, 0) is 42.0 Å². The SMILES string of the molecule is COc1cc(/C=C/C(=O)c2cc(F)ccc2F)cc(OC)c1O. The van der Waals surface area contributed by atoms with E-state index in [0.717, 1.165) is 24.3 Å². The second-order valence-electron chi connectivity index (χ2n) is 4.60. The first-order valence-electron chi connectivity index (χ1n) is 6.58. The van der Waals surface area contributed by atoms with Crippen LogP contribution in [0.1, 0.15) is 15.9 Å². The molecule has 23 heavy (non-hydrogen) atoms. The van der Waals surface area contributed by atoms with Crippen molar-refractivity contribution in [3.8, 4) is 17.2 Å². The Hall–Kier alpha value is -2.89. The van der Waals surface area contributed by atoms with E-state index < -0.39 is 17.4 Å². The average Bonchev–Trinajstić information content (AvgIpc) is 2.55. The number of phenolic OH excluding ortho intramolecular Hbond substituents is 1. The quantitative estimate of drug-likeness (QED) is 0.676. The lowest BCUT2D eigenvalue weighted by Crippen LogP contribution is -1.99. The van der Waals surface area contributed by atoms with Crippen molar-refractivity contribution in [1.29, 1.82) is 0 Å². The van der Waals surface area contributed by atoms with Gasteiger partial charge in [0.2, 0.25) is 5.75 Å². The molecule has 0 saturated heterocycles. The molecule has 0 heterocycles. The highest BCUT2D eigenvalue weighted by atomic mass is 19.1. The van der Waals surface area contributed by atoms with E-state index in [-0.39, 0.29) is 22.8 Å². The summed E-state index contributed by atoms with van der Waals surface area (Å²) in [4.78, 5) is 12.0. The number of ketones is 1. The summed E-state index contributed by atoms with van der Waals surface area (Å²) >= 11 is 0. The van der Waals surface area contributed by atoms with Crippen LogP contribution < -0.4 is 9.47 Å². The first-order chi connectivity index (χ1) is 11.0. The number of benzene rings is 2. The molecule has 0 aliphatic heterocycles. The van der Waals surface area contributed by atoms with Crippen molar-refractivity contribution in [2.75, 3.05) is 14.2 Å². The Bertz CT molecular complexity index is 744. The maximum absolute atomic E-state index is 13.5. The standard InChI is InChI=1S/C17H14F2O4/c1-22-15-7-10(8-16(23-2)17(15)21)3-6-14(20)12-9-11(18)4-5-13(12)19/h3-9,21H,1-2H3/b6-3+. The molecule has 0 atom stereocenters. The van der Waals surface area contributed by atoms with E-state index in [2.05, 4.69) is 0 Å². The van der Waals surface area contributed by atoms with Gasteiger partial charge < -0.3 is 14.6 Å². The summed E-state index contributed by atoms with van der Waals surface area (Å²) in [6.45, 7) is 0. The van der Waals surface area contributed by atoms with Crippen LogP contribution in [0, 0.1) is 11.6 Å². The third-order valence-corrected chi connectivity index (χ3v) is 3.12. The highest BCUT2D eigenvalue weighted by Gasteiger charge is 2.12. The number of rotatable bonds is 5. The van der Waals surface area contributed by atoms with Crippen molar-refractivity contribution >= 4 is 11.9 Å². The fourth-order valence-corrected chi connectivity index (χ4v) is 1.96. The molecule has 0 aliphatic rings. The van der Waals surface area contributed by atoms with Crippen LogP contribution in [0.25, 0.3) is 6.08 Å². The van der Waals surface area contributed by atoms with Crippen molar-refractivity contribution in [2.24, 2.45) is 0 Å². The number of allylic oxidation sites excluding steroid dienone is 1. The summed E-state index contributed by atoms with van der Waals surface area (Å²) in [5, 5.41) is 9.80. The molecule has 2 rings (SSSR count). The molecule has 120 valence electrons. The minimum atomic E-state index is -0.804. The van der Waals surface area contributed by atoms with Gasteiger partial charge in [0.25, 0.3) is 0 Å². The van der Waals surface area contributed by atoms with Crippen molar-refractivity contribution in [3.05, 3.63) is 59.2 Å². The zero-order valence-electron chi connectivity index (χ0n) is 12.5. The number of methoxy groups -OCH3 is 2. The summed E-state index contributed by atoms with van der Waals surface area (Å²) in [7, 11) is 2.74. The second kappa shape index (κ2) is 6.91. The first-order valence-corrected chi connectivity index (χ1v) is 6.58. The fourth-order valence-electron chi connectivity index (χ4n) is 1.96. The zero-order chi connectivity index (χ0) is 17.0. The Morgan fingerprint density at radius 3 is 2.26 bits per heavy atom. The Kier molecular flexibility index (Phi) is 4.95. The van der Waals surface area contributed by atoms with E-state index in [9.17, 15) is 18.7 Å². The number of halogens is 2. The number of aromatic hydroxyl groups is 1. The number of phenols is 1. The molecule has 0 fully saturated rings. The molecular weight excluding hydrogens is 306 g/mol. The lowest BCUT2D eigenvalue weighted by Gasteiger charge is -2.09. The van der Waals surface area contributed by atoms with E-state index in [1.54, 1.807) is 0 Å². The van der Waals surface area contributed by atoms with Crippen molar-refractivity contribution in [1.82, 2.24) is 0 Å². The van der Waals surface area contributed by atoms with Gasteiger partial charge >= 0.3 is 0 Å². The molecule has 0 spiro atoms. The third kappa shape index (κ3) is 3.66. The Morgan fingerprint density at radius 1 is 1.09 bits per heavy atom. The molecule has 6 heteroatoms. The van der Waals surface area contributed by atoms with Gasteiger partial charge in [-0.25, -0.2) is 8.78 Å². The van der Waals surface area contributed by atoms with E-state index in [4.69, 9.17) is 9.47 Å². The Morgan fingerprint density at radius 2 is 1.70 bits per heavy atom. The van der Waals surface area contributed by atoms with Crippen molar-refractivity contribution < 1.29 is 28.2 Å². The summed E-state index contributed by atoms with van der Waals surface area (Å²) in [6, 6.07) is 5.61. The maximum atomic E-state index is 13.5. The number of hydrogen-bond donors (Lipinski definition) is 1. The molecule has 0 bridgehead atoms. The molecule has 0 aromatic heterocycles. The van der Waals surface area contributed by atoms with E-state index >= 15 is 0 Å². The molecule has 0 amide bonds. The second-order valence-corrected chi connectivity index (χ2v) is 4.60. The number of carbonyl (C=O) groups is 1. The van der Waals surface area contributed by atoms with Crippen LogP contribution >= 0.6 is 0 Å². The van der Waals surface area contributed by atoms with Crippen LogP contribution in [0.15, 0.2) is 36.4 Å². The van der Waals surface area contributed by atoms with E-state index in [1.165, 1.54) is 32.4 Å². The Labute approximate surface area is 131 Å².